The predicted molar refractivity (Wildman–Crippen MR) is 95.6 cm³/mol. The van der Waals surface area contributed by atoms with Gasteiger partial charge >= 0.3 is 12.1 Å². The molecule has 1 rings (SSSR count). The number of esters is 1. The molecule has 0 aliphatic rings. The highest BCUT2D eigenvalue weighted by Crippen LogP contribution is 2.25. The fraction of sp³-hybridized carbons (Fsp3) is 0.706. The molecule has 0 bridgehead atoms. The van der Waals surface area contributed by atoms with Gasteiger partial charge in [-0.05, 0) is 33.6 Å². The lowest BCUT2D eigenvalue weighted by atomic mass is 9.98. The third-order valence-electron chi connectivity index (χ3n) is 3.28. The van der Waals surface area contributed by atoms with E-state index in [9.17, 15) is 14.7 Å². The van der Waals surface area contributed by atoms with Crippen LogP contribution >= 0.6 is 11.3 Å². The molecular weight excluding hydrogens is 344 g/mol. The second-order valence-corrected chi connectivity index (χ2v) is 7.93. The Morgan fingerprint density at radius 1 is 1.36 bits per heavy atom. The third kappa shape index (κ3) is 7.39. The van der Waals surface area contributed by atoms with Crippen molar-refractivity contribution < 1.29 is 24.2 Å². The van der Waals surface area contributed by atoms with Gasteiger partial charge in [0.1, 0.15) is 16.7 Å². The molecular formula is C17H28N2O5S. The number of aromatic nitrogens is 1. The van der Waals surface area contributed by atoms with E-state index in [2.05, 4.69) is 10.3 Å². The Morgan fingerprint density at radius 3 is 2.52 bits per heavy atom. The average molecular weight is 372 g/mol. The van der Waals surface area contributed by atoms with Gasteiger partial charge in [0.15, 0.2) is 5.69 Å². The molecule has 0 radical (unpaired) electrons. The summed E-state index contributed by atoms with van der Waals surface area (Å²) in [6.07, 6.45) is -1.15. The number of carbonyl (C=O) groups is 2. The van der Waals surface area contributed by atoms with Crippen LogP contribution in [0.2, 0.25) is 0 Å². The van der Waals surface area contributed by atoms with Crippen molar-refractivity contribution in [1.82, 2.24) is 10.3 Å². The first-order valence-electron chi connectivity index (χ1n) is 8.33. The number of carbonyl (C=O) groups excluding carboxylic acids is 2. The number of nitrogens with zero attached hydrogens (tertiary/aromatic N) is 1. The number of amides is 1. The monoisotopic (exact) mass is 372 g/mol. The number of aliphatic hydroxyl groups is 1. The zero-order valence-electron chi connectivity index (χ0n) is 15.7. The largest absolute Gasteiger partial charge is 0.461 e. The minimum Gasteiger partial charge on any atom is -0.461 e. The van der Waals surface area contributed by atoms with Crippen LogP contribution in [-0.2, 0) is 9.47 Å². The second kappa shape index (κ2) is 9.15. The summed E-state index contributed by atoms with van der Waals surface area (Å²) in [4.78, 5) is 27.8. The van der Waals surface area contributed by atoms with Crippen LogP contribution in [-0.4, -0.2) is 40.4 Å². The van der Waals surface area contributed by atoms with Gasteiger partial charge in [-0.15, -0.1) is 11.3 Å². The Labute approximate surface area is 152 Å². The van der Waals surface area contributed by atoms with Gasteiger partial charge in [0.25, 0.3) is 0 Å². The predicted octanol–water partition coefficient (Wildman–Crippen LogP) is 3.29. The minimum atomic E-state index is -0.893. The number of hydrogen-bond donors (Lipinski definition) is 2. The highest BCUT2D eigenvalue weighted by molar-refractivity contribution is 7.09. The Balaban J connectivity index is 2.72. The molecule has 0 unspecified atom stereocenters. The van der Waals surface area contributed by atoms with Crippen molar-refractivity contribution in [3.05, 3.63) is 16.1 Å². The van der Waals surface area contributed by atoms with Crippen LogP contribution in [0.4, 0.5) is 4.79 Å². The summed E-state index contributed by atoms with van der Waals surface area (Å²) >= 11 is 1.19. The fourth-order valence-corrected chi connectivity index (χ4v) is 2.82. The van der Waals surface area contributed by atoms with Crippen LogP contribution in [0.25, 0.3) is 0 Å². The topological polar surface area (TPSA) is 97.8 Å². The van der Waals surface area contributed by atoms with Gasteiger partial charge < -0.3 is 19.9 Å². The zero-order chi connectivity index (χ0) is 19.2. The average Bonchev–Trinajstić information content (AvgIpc) is 2.94. The second-order valence-electron chi connectivity index (χ2n) is 7.04. The number of hydrogen-bond acceptors (Lipinski definition) is 7. The Hall–Kier alpha value is -1.67. The number of rotatable bonds is 7. The maximum absolute atomic E-state index is 12.0. The molecule has 8 heteroatoms. The van der Waals surface area contributed by atoms with Crippen LogP contribution in [0.15, 0.2) is 5.38 Å². The molecule has 0 aliphatic carbocycles. The van der Waals surface area contributed by atoms with E-state index in [4.69, 9.17) is 9.47 Å². The maximum Gasteiger partial charge on any atom is 0.407 e. The molecule has 0 spiro atoms. The summed E-state index contributed by atoms with van der Waals surface area (Å²) < 4.78 is 10.2. The summed E-state index contributed by atoms with van der Waals surface area (Å²) in [7, 11) is 0. The van der Waals surface area contributed by atoms with Gasteiger partial charge in [-0.3, -0.25) is 0 Å². The van der Waals surface area contributed by atoms with E-state index in [1.807, 2.05) is 13.8 Å². The molecule has 0 saturated carbocycles. The van der Waals surface area contributed by atoms with Crippen molar-refractivity contribution in [2.45, 2.75) is 65.7 Å². The van der Waals surface area contributed by atoms with Gasteiger partial charge in [0.2, 0.25) is 0 Å². The van der Waals surface area contributed by atoms with Gasteiger partial charge in [0, 0.05) is 17.8 Å². The first-order chi connectivity index (χ1) is 11.5. The Kier molecular flexibility index (Phi) is 7.82. The first kappa shape index (κ1) is 21.4. The normalized spacial score (nSPS) is 14.1. The molecule has 0 aromatic carbocycles. The van der Waals surface area contributed by atoms with E-state index in [1.54, 1.807) is 33.1 Å². The van der Waals surface area contributed by atoms with Gasteiger partial charge in [0.05, 0.1) is 6.61 Å². The molecule has 142 valence electrons. The van der Waals surface area contributed by atoms with Crippen LogP contribution in [0, 0.1) is 5.92 Å². The van der Waals surface area contributed by atoms with E-state index >= 15 is 0 Å². The van der Waals surface area contributed by atoms with E-state index in [-0.39, 0.29) is 30.7 Å². The van der Waals surface area contributed by atoms with Crippen molar-refractivity contribution in [2.75, 3.05) is 6.61 Å². The van der Waals surface area contributed by atoms with Gasteiger partial charge in [-0.2, -0.15) is 0 Å². The highest BCUT2D eigenvalue weighted by Gasteiger charge is 2.26. The molecule has 0 aliphatic heterocycles. The number of alkyl carbamates (subject to hydrolysis) is 1. The summed E-state index contributed by atoms with van der Waals surface area (Å²) in [5.74, 6) is -0.420. The van der Waals surface area contributed by atoms with E-state index in [0.29, 0.717) is 5.01 Å². The van der Waals surface area contributed by atoms with Gasteiger partial charge in [-0.1, -0.05) is 13.8 Å². The first-order valence-corrected chi connectivity index (χ1v) is 9.21. The molecule has 1 heterocycles. The van der Waals surface area contributed by atoms with E-state index in [1.165, 1.54) is 11.3 Å². The Morgan fingerprint density at radius 2 is 2.00 bits per heavy atom. The smallest absolute Gasteiger partial charge is 0.407 e. The lowest BCUT2D eigenvalue weighted by Crippen LogP contribution is -2.42. The third-order valence-corrected chi connectivity index (χ3v) is 4.22. The number of thiazole rings is 1. The molecule has 0 fully saturated rings. The van der Waals surface area contributed by atoms with Crippen molar-refractivity contribution >= 4 is 23.4 Å². The van der Waals surface area contributed by atoms with E-state index in [0.717, 1.165) is 0 Å². The van der Waals surface area contributed by atoms with Crippen LogP contribution in [0.1, 0.15) is 69.6 Å². The highest BCUT2D eigenvalue weighted by atomic mass is 32.1. The van der Waals surface area contributed by atoms with E-state index < -0.39 is 23.8 Å². The summed E-state index contributed by atoms with van der Waals surface area (Å²) in [5.41, 5.74) is -0.407. The standard InChI is InChI=1S/C17H28N2O5S/c1-7-23-15(21)12-9-25-14(18-12)13(20)8-11(10(2)3)19-16(22)24-17(4,5)6/h9-11,13,20H,7-8H2,1-6H3,(H,19,22)/t11-,13-/m1/s1. The molecule has 2 N–H and O–H groups in total. The fourth-order valence-electron chi connectivity index (χ4n) is 2.04. The van der Waals surface area contributed by atoms with Crippen LogP contribution in [0.3, 0.4) is 0 Å². The molecule has 1 aromatic rings. The van der Waals surface area contributed by atoms with Crippen LogP contribution in [0.5, 0.6) is 0 Å². The lowest BCUT2D eigenvalue weighted by Gasteiger charge is -2.26. The van der Waals surface area contributed by atoms with Crippen LogP contribution < -0.4 is 5.32 Å². The molecule has 2 atom stereocenters. The minimum absolute atomic E-state index is 0.0895. The summed E-state index contributed by atoms with van der Waals surface area (Å²) in [6, 6.07) is -0.292. The van der Waals surface area contributed by atoms with Crippen molar-refractivity contribution in [3.63, 3.8) is 0 Å². The van der Waals surface area contributed by atoms with Crippen molar-refractivity contribution in [1.29, 1.82) is 0 Å². The molecule has 1 amide bonds. The van der Waals surface area contributed by atoms with Crippen molar-refractivity contribution in [3.8, 4) is 0 Å². The maximum atomic E-state index is 12.0. The molecule has 0 saturated heterocycles. The van der Waals surface area contributed by atoms with Gasteiger partial charge in [-0.25, -0.2) is 14.6 Å². The molecule has 1 aromatic heterocycles. The number of ether oxygens (including phenoxy) is 2. The summed E-state index contributed by atoms with van der Waals surface area (Å²) in [6.45, 7) is 11.2. The number of nitrogens with one attached hydrogen (secondary N) is 1. The SMILES string of the molecule is CCOC(=O)c1csc([C@H](O)C[C@@H](NC(=O)OC(C)(C)C)C(C)C)n1. The molecule has 7 nitrogen and oxygen atoms in total. The summed E-state index contributed by atoms with van der Waals surface area (Å²) in [5, 5.41) is 15.2. The quantitative estimate of drug-likeness (QED) is 0.713. The van der Waals surface area contributed by atoms with Crippen molar-refractivity contribution in [2.24, 2.45) is 5.92 Å². The Bertz CT molecular complexity index is 580. The molecule has 25 heavy (non-hydrogen) atoms. The zero-order valence-corrected chi connectivity index (χ0v) is 16.5. The number of aliphatic hydroxyl groups excluding tert-OH is 1. The lowest BCUT2D eigenvalue weighted by molar-refractivity contribution is 0.0461.